The van der Waals surface area contributed by atoms with Crippen molar-refractivity contribution in [3.8, 4) is 0 Å². The molecular weight excluding hydrogens is 303 g/mol. The molecule has 0 bridgehead atoms. The number of hydrogen-bond acceptors (Lipinski definition) is 3. The second-order valence-electron chi connectivity index (χ2n) is 4.20. The first-order valence-corrected chi connectivity index (χ1v) is 6.54. The lowest BCUT2D eigenvalue weighted by molar-refractivity contribution is -0.136. The summed E-state index contributed by atoms with van der Waals surface area (Å²) < 4.78 is 18.8. The zero-order chi connectivity index (χ0) is 14.9. The minimum Gasteiger partial charge on any atom is -0.466 e. The van der Waals surface area contributed by atoms with Gasteiger partial charge in [-0.3, -0.25) is 0 Å². The third-order valence-corrected chi connectivity index (χ3v) is 3.51. The maximum absolute atomic E-state index is 14.1. The van der Waals surface area contributed by atoms with Crippen LogP contribution in [0.25, 0.3) is 0 Å². The quantitative estimate of drug-likeness (QED) is 0.648. The molecule has 2 rings (SSSR count). The van der Waals surface area contributed by atoms with Crippen LogP contribution in [0.2, 0.25) is 5.02 Å². The molecule has 4 nitrogen and oxygen atoms in total. The fourth-order valence-electron chi connectivity index (χ4n) is 2.08. The predicted octanol–water partition coefficient (Wildman–Crippen LogP) is 2.44. The zero-order valence-electron chi connectivity index (χ0n) is 10.8. The number of halogens is 2. The van der Waals surface area contributed by atoms with Crippen molar-refractivity contribution in [2.75, 3.05) is 7.11 Å². The highest BCUT2D eigenvalue weighted by molar-refractivity contribution is 7.80. The Labute approximate surface area is 125 Å². The second-order valence-corrected chi connectivity index (χ2v) is 5.01. The van der Waals surface area contributed by atoms with E-state index in [0.717, 1.165) is 0 Å². The van der Waals surface area contributed by atoms with Gasteiger partial charge in [0, 0.05) is 16.3 Å². The van der Waals surface area contributed by atoms with Crippen LogP contribution >= 0.6 is 23.8 Å². The number of methoxy groups -OCH3 is 1. The lowest BCUT2D eigenvalue weighted by atomic mass is 9.95. The molecule has 0 aromatic heterocycles. The topological polar surface area (TPSA) is 50.4 Å². The zero-order valence-corrected chi connectivity index (χ0v) is 12.4. The van der Waals surface area contributed by atoms with Crippen LogP contribution in [0.3, 0.4) is 0 Å². The van der Waals surface area contributed by atoms with Crippen molar-refractivity contribution in [1.82, 2.24) is 10.6 Å². The van der Waals surface area contributed by atoms with Gasteiger partial charge in [0.05, 0.1) is 18.7 Å². The Bertz CT molecular complexity index is 598. The van der Waals surface area contributed by atoms with Gasteiger partial charge < -0.3 is 15.4 Å². The predicted molar refractivity (Wildman–Crippen MR) is 77.7 cm³/mol. The number of nitrogens with one attached hydrogen (secondary N) is 2. The average Bonchev–Trinajstić information content (AvgIpc) is 2.37. The lowest BCUT2D eigenvalue weighted by Gasteiger charge is -2.30. The van der Waals surface area contributed by atoms with Crippen LogP contribution in [-0.2, 0) is 9.53 Å². The summed E-state index contributed by atoms with van der Waals surface area (Å²) in [5, 5.41) is 6.16. The highest BCUT2D eigenvalue weighted by atomic mass is 35.5. The maximum Gasteiger partial charge on any atom is 0.337 e. The Balaban J connectivity index is 2.60. The number of esters is 1. The monoisotopic (exact) mass is 314 g/mol. The Morgan fingerprint density at radius 1 is 1.50 bits per heavy atom. The molecular formula is C13H12ClFN2O2S. The van der Waals surface area contributed by atoms with E-state index in [1.54, 1.807) is 13.0 Å². The van der Waals surface area contributed by atoms with Crippen LogP contribution in [0.5, 0.6) is 0 Å². The van der Waals surface area contributed by atoms with Gasteiger partial charge in [-0.05, 0) is 31.3 Å². The molecule has 1 aromatic carbocycles. The molecule has 0 spiro atoms. The van der Waals surface area contributed by atoms with E-state index in [1.165, 1.54) is 19.2 Å². The normalized spacial score (nSPS) is 18.4. The van der Waals surface area contributed by atoms with E-state index in [-0.39, 0.29) is 16.2 Å². The van der Waals surface area contributed by atoms with E-state index in [0.29, 0.717) is 10.8 Å². The van der Waals surface area contributed by atoms with Gasteiger partial charge in [-0.15, -0.1) is 0 Å². The van der Waals surface area contributed by atoms with E-state index in [2.05, 4.69) is 10.6 Å². The molecule has 0 saturated heterocycles. The van der Waals surface area contributed by atoms with E-state index in [1.807, 2.05) is 0 Å². The largest absolute Gasteiger partial charge is 0.466 e. The van der Waals surface area contributed by atoms with Gasteiger partial charge in [0.15, 0.2) is 5.11 Å². The molecule has 1 aliphatic heterocycles. The van der Waals surface area contributed by atoms with Gasteiger partial charge in [0.1, 0.15) is 5.82 Å². The highest BCUT2D eigenvalue weighted by Crippen LogP contribution is 2.33. The lowest BCUT2D eigenvalue weighted by Crippen LogP contribution is -2.45. The Morgan fingerprint density at radius 3 is 2.80 bits per heavy atom. The van der Waals surface area contributed by atoms with Crippen LogP contribution in [0.4, 0.5) is 4.39 Å². The van der Waals surface area contributed by atoms with Crippen LogP contribution in [0.15, 0.2) is 29.5 Å². The summed E-state index contributed by atoms with van der Waals surface area (Å²) in [5.41, 5.74) is 0.913. The second kappa shape index (κ2) is 5.76. The molecule has 0 aliphatic carbocycles. The van der Waals surface area contributed by atoms with Gasteiger partial charge in [0.25, 0.3) is 0 Å². The molecule has 1 heterocycles. The molecule has 2 N–H and O–H groups in total. The van der Waals surface area contributed by atoms with Gasteiger partial charge >= 0.3 is 5.97 Å². The fraction of sp³-hybridized carbons (Fsp3) is 0.231. The number of thiocarbonyl (C=S) groups is 1. The van der Waals surface area contributed by atoms with Crippen molar-refractivity contribution in [2.45, 2.75) is 13.0 Å². The van der Waals surface area contributed by atoms with Gasteiger partial charge in [-0.2, -0.15) is 0 Å². The van der Waals surface area contributed by atoms with Crippen molar-refractivity contribution in [2.24, 2.45) is 0 Å². The van der Waals surface area contributed by atoms with Crippen molar-refractivity contribution >= 4 is 34.9 Å². The summed E-state index contributed by atoms with van der Waals surface area (Å²) >= 11 is 11.1. The number of rotatable bonds is 2. The molecule has 0 amide bonds. The first kappa shape index (κ1) is 14.7. The molecule has 1 aliphatic rings. The van der Waals surface area contributed by atoms with Crippen molar-refractivity contribution in [1.29, 1.82) is 0 Å². The molecule has 0 fully saturated rings. The molecule has 20 heavy (non-hydrogen) atoms. The van der Waals surface area contributed by atoms with E-state index >= 15 is 0 Å². The minimum atomic E-state index is -0.787. The van der Waals surface area contributed by atoms with Crippen molar-refractivity contribution in [3.05, 3.63) is 45.9 Å². The number of carbonyl (C=O) groups excluding carboxylic acids is 1. The van der Waals surface area contributed by atoms with Crippen LogP contribution in [0, 0.1) is 5.82 Å². The Kier molecular flexibility index (Phi) is 4.25. The molecule has 1 aromatic rings. The fourth-order valence-corrected chi connectivity index (χ4v) is 2.62. The van der Waals surface area contributed by atoms with E-state index < -0.39 is 17.8 Å². The number of allylic oxidation sites excluding steroid dienone is 1. The summed E-state index contributed by atoms with van der Waals surface area (Å²) in [6, 6.07) is 3.54. The van der Waals surface area contributed by atoms with Gasteiger partial charge in [-0.25, -0.2) is 9.18 Å². The number of carbonyl (C=O) groups is 1. The number of hydrogen-bond donors (Lipinski definition) is 2. The summed E-state index contributed by atoms with van der Waals surface area (Å²) in [7, 11) is 1.26. The Morgan fingerprint density at radius 2 is 2.20 bits per heavy atom. The van der Waals surface area contributed by atoms with Crippen LogP contribution in [-0.4, -0.2) is 18.2 Å². The molecule has 7 heteroatoms. The standard InChI is InChI=1S/C13H12ClFN2O2S/c1-6-9(12(18)19-2)11(17-13(20)16-6)10-7(14)4-3-5-8(10)15/h3-5,11H,1-2H3,(H2,16,17,20)/t11-/m1/s1. The number of ether oxygens (including phenoxy) is 1. The first-order chi connectivity index (χ1) is 9.45. The smallest absolute Gasteiger partial charge is 0.337 e. The summed E-state index contributed by atoms with van der Waals surface area (Å²) in [6.45, 7) is 1.67. The molecule has 106 valence electrons. The maximum atomic E-state index is 14.1. The van der Waals surface area contributed by atoms with E-state index in [9.17, 15) is 9.18 Å². The third-order valence-electron chi connectivity index (χ3n) is 2.96. The third kappa shape index (κ3) is 2.62. The van der Waals surface area contributed by atoms with E-state index in [4.69, 9.17) is 28.6 Å². The van der Waals surface area contributed by atoms with Gasteiger partial charge in [0.2, 0.25) is 0 Å². The summed E-state index contributed by atoms with van der Waals surface area (Å²) in [4.78, 5) is 11.9. The SMILES string of the molecule is COC(=O)C1=C(C)NC(=S)N[C@H]1c1c(F)cccc1Cl. The Hall–Kier alpha value is -1.66. The summed E-state index contributed by atoms with van der Waals surface area (Å²) in [5.74, 6) is -1.09. The number of benzene rings is 1. The van der Waals surface area contributed by atoms with Crippen molar-refractivity contribution in [3.63, 3.8) is 0 Å². The van der Waals surface area contributed by atoms with Gasteiger partial charge in [-0.1, -0.05) is 17.7 Å². The van der Waals surface area contributed by atoms with Crippen molar-refractivity contribution < 1.29 is 13.9 Å². The minimum absolute atomic E-state index is 0.165. The molecule has 0 unspecified atom stereocenters. The summed E-state index contributed by atoms with van der Waals surface area (Å²) in [6.07, 6.45) is 0. The first-order valence-electron chi connectivity index (χ1n) is 5.76. The molecule has 0 saturated carbocycles. The molecule has 0 radical (unpaired) electrons. The average molecular weight is 315 g/mol. The van der Waals surface area contributed by atoms with Crippen LogP contribution in [0.1, 0.15) is 18.5 Å². The molecule has 1 atom stereocenters. The highest BCUT2D eigenvalue weighted by Gasteiger charge is 2.33. The van der Waals surface area contributed by atoms with Crippen LogP contribution < -0.4 is 10.6 Å².